The van der Waals surface area contributed by atoms with E-state index in [9.17, 15) is 33.0 Å². The molecule has 0 aliphatic carbocycles. The molecule has 12 heteroatoms. The Hall–Kier alpha value is -2.02. The number of carboxylic acid groups (broad SMARTS) is 1. The third-order valence-corrected chi connectivity index (χ3v) is 6.28. The molecule has 0 spiro atoms. The number of rotatable bonds is 6. The van der Waals surface area contributed by atoms with Crippen molar-refractivity contribution in [2.45, 2.75) is 32.4 Å². The molecule has 1 unspecified atom stereocenters. The Kier molecular flexibility index (Phi) is 5.25. The monoisotopic (exact) mass is 416 g/mol. The van der Waals surface area contributed by atoms with Crippen LogP contribution >= 0.6 is 0 Å². The Labute approximate surface area is 162 Å². The highest BCUT2D eigenvalue weighted by atomic mass is 32.2. The van der Waals surface area contributed by atoms with E-state index in [-0.39, 0.29) is 24.7 Å². The lowest BCUT2D eigenvalue weighted by molar-refractivity contribution is -0.163. The first-order chi connectivity index (χ1) is 12.9. The van der Waals surface area contributed by atoms with E-state index in [2.05, 4.69) is 0 Å². The Morgan fingerprint density at radius 1 is 1.39 bits per heavy atom. The highest BCUT2D eigenvalue weighted by Crippen LogP contribution is 2.47. The van der Waals surface area contributed by atoms with Crippen LogP contribution in [0.15, 0.2) is 11.3 Å². The van der Waals surface area contributed by atoms with Gasteiger partial charge in [0.1, 0.15) is 5.70 Å². The Balaban J connectivity index is 1.74. The van der Waals surface area contributed by atoms with Crippen LogP contribution in [-0.2, 0) is 24.6 Å². The van der Waals surface area contributed by atoms with Gasteiger partial charge in [0.15, 0.2) is 0 Å². The second-order valence-electron chi connectivity index (χ2n) is 7.66. The first-order valence-electron chi connectivity index (χ1n) is 8.96. The zero-order valence-corrected chi connectivity index (χ0v) is 16.3. The van der Waals surface area contributed by atoms with Gasteiger partial charge in [0, 0.05) is 19.0 Å². The standard InChI is InChI=1S/C16H24N4O7S/c1-7-10(6-19-4-3-9(5-19)14(22)18-28(17,26)27)13(16(24)25)20-12(7)11(8(2)21)15(20)23/h7-9,11-12,21H,3-6H2,1-2H3,(H,18,22)(H,24,25)(H2,17,26,27)/t7-,8+,9-,11?,12+/m0/s1. The fourth-order valence-electron chi connectivity index (χ4n) is 4.51. The predicted molar refractivity (Wildman–Crippen MR) is 95.4 cm³/mol. The molecule has 2 saturated heterocycles. The van der Waals surface area contributed by atoms with Crippen LogP contribution in [0.2, 0.25) is 0 Å². The minimum Gasteiger partial charge on any atom is -0.477 e. The first-order valence-corrected chi connectivity index (χ1v) is 10.5. The second-order valence-corrected chi connectivity index (χ2v) is 8.96. The molecule has 3 rings (SSSR count). The number of fused-ring (bicyclic) bond motifs is 1. The van der Waals surface area contributed by atoms with E-state index in [1.54, 1.807) is 4.72 Å². The molecule has 3 aliphatic heterocycles. The van der Waals surface area contributed by atoms with Crippen LogP contribution < -0.4 is 9.86 Å². The average Bonchev–Trinajstić information content (AvgIpc) is 3.09. The lowest BCUT2D eigenvalue weighted by Crippen LogP contribution is -2.63. The van der Waals surface area contributed by atoms with E-state index >= 15 is 0 Å². The number of carbonyl (C=O) groups is 3. The van der Waals surface area contributed by atoms with Gasteiger partial charge in [0.05, 0.1) is 24.0 Å². The van der Waals surface area contributed by atoms with Crippen LogP contribution in [0.25, 0.3) is 0 Å². The normalized spacial score (nSPS) is 31.6. The summed E-state index contributed by atoms with van der Waals surface area (Å²) in [7, 11) is -4.13. The minimum atomic E-state index is -4.13. The maximum absolute atomic E-state index is 12.3. The molecule has 0 aromatic carbocycles. The molecule has 0 saturated carbocycles. The van der Waals surface area contributed by atoms with Crippen molar-refractivity contribution in [2.24, 2.45) is 22.9 Å². The number of nitrogens with one attached hydrogen (secondary N) is 1. The number of hydrogen-bond donors (Lipinski definition) is 4. The van der Waals surface area contributed by atoms with Crippen LogP contribution in [0.5, 0.6) is 0 Å². The fourth-order valence-corrected chi connectivity index (χ4v) is 4.96. The molecule has 0 aromatic rings. The number of nitrogens with two attached hydrogens (primary N) is 1. The summed E-state index contributed by atoms with van der Waals surface area (Å²) < 4.78 is 23.8. The minimum absolute atomic E-state index is 0.0585. The predicted octanol–water partition coefficient (Wildman–Crippen LogP) is -2.18. The lowest BCUT2D eigenvalue weighted by atomic mass is 9.77. The van der Waals surface area contributed by atoms with Crippen molar-refractivity contribution < 1.29 is 33.0 Å². The van der Waals surface area contributed by atoms with E-state index in [1.165, 1.54) is 11.8 Å². The molecule has 28 heavy (non-hydrogen) atoms. The Bertz CT molecular complexity index is 853. The topological polar surface area (TPSA) is 170 Å². The van der Waals surface area contributed by atoms with Crippen molar-refractivity contribution in [1.29, 1.82) is 0 Å². The van der Waals surface area contributed by atoms with Crippen LogP contribution in [0.4, 0.5) is 0 Å². The third kappa shape index (κ3) is 3.52. The van der Waals surface area contributed by atoms with Crippen molar-refractivity contribution in [3.05, 3.63) is 11.3 Å². The van der Waals surface area contributed by atoms with E-state index in [4.69, 9.17) is 5.14 Å². The van der Waals surface area contributed by atoms with Gasteiger partial charge in [-0.05, 0) is 25.5 Å². The van der Waals surface area contributed by atoms with E-state index in [0.717, 1.165) is 0 Å². The number of aliphatic hydroxyl groups excluding tert-OH is 1. The largest absolute Gasteiger partial charge is 0.477 e. The highest BCUT2D eigenvalue weighted by molar-refractivity contribution is 7.87. The fraction of sp³-hybridized carbons (Fsp3) is 0.688. The average molecular weight is 416 g/mol. The van der Waals surface area contributed by atoms with Gasteiger partial charge in [0.25, 0.3) is 10.2 Å². The summed E-state index contributed by atoms with van der Waals surface area (Å²) in [4.78, 5) is 39.2. The molecule has 0 radical (unpaired) electrons. The summed E-state index contributed by atoms with van der Waals surface area (Å²) in [5, 5.41) is 24.3. The zero-order valence-electron chi connectivity index (χ0n) is 15.5. The second kappa shape index (κ2) is 7.10. The molecule has 3 heterocycles. The number of β-lactam (4-membered cyclic amide) rings is 1. The summed E-state index contributed by atoms with van der Waals surface area (Å²) in [5.74, 6) is -3.75. The Morgan fingerprint density at radius 2 is 2.04 bits per heavy atom. The van der Waals surface area contributed by atoms with Gasteiger partial charge in [0.2, 0.25) is 11.8 Å². The molecule has 5 N–H and O–H groups in total. The SMILES string of the molecule is C[C@@H](O)C1C(=O)N2C(C(=O)O)=C(CN3CC[C@H](C(=O)NS(N)(=O)=O)C3)[C@H](C)[C@H]12. The summed E-state index contributed by atoms with van der Waals surface area (Å²) in [6.45, 7) is 4.31. The van der Waals surface area contributed by atoms with Gasteiger partial charge >= 0.3 is 5.97 Å². The summed E-state index contributed by atoms with van der Waals surface area (Å²) in [6, 6.07) is -0.391. The number of aliphatic hydroxyl groups is 1. The van der Waals surface area contributed by atoms with Gasteiger partial charge in [-0.1, -0.05) is 6.92 Å². The highest BCUT2D eigenvalue weighted by Gasteiger charge is 2.59. The van der Waals surface area contributed by atoms with E-state index in [0.29, 0.717) is 18.5 Å². The number of hydrogen-bond acceptors (Lipinski definition) is 7. The number of amides is 2. The van der Waals surface area contributed by atoms with E-state index < -0.39 is 52.0 Å². The van der Waals surface area contributed by atoms with Crippen LogP contribution in [0, 0.1) is 17.8 Å². The number of carboxylic acids is 1. The molecular formula is C16H24N4O7S. The van der Waals surface area contributed by atoms with Gasteiger partial charge in [-0.3, -0.25) is 14.5 Å². The van der Waals surface area contributed by atoms with Crippen LogP contribution in [-0.4, -0.2) is 78.0 Å². The molecular weight excluding hydrogens is 392 g/mol. The van der Waals surface area contributed by atoms with Crippen molar-refractivity contribution >= 4 is 28.0 Å². The molecule has 2 fully saturated rings. The van der Waals surface area contributed by atoms with Crippen LogP contribution in [0.3, 0.4) is 0 Å². The molecule has 3 aliphatic rings. The first kappa shape index (κ1) is 20.7. The third-order valence-electron chi connectivity index (χ3n) is 5.80. The Morgan fingerprint density at radius 3 is 2.57 bits per heavy atom. The number of carbonyl (C=O) groups excluding carboxylic acids is 2. The summed E-state index contributed by atoms with van der Waals surface area (Å²) in [6.07, 6.45) is -0.461. The summed E-state index contributed by atoms with van der Waals surface area (Å²) >= 11 is 0. The molecule has 0 bridgehead atoms. The smallest absolute Gasteiger partial charge is 0.352 e. The molecule has 2 amide bonds. The maximum atomic E-state index is 12.3. The number of likely N-dealkylation sites (tertiary alicyclic amines) is 1. The van der Waals surface area contributed by atoms with Gasteiger partial charge in [-0.25, -0.2) is 14.7 Å². The molecule has 156 valence electrons. The molecule has 5 atom stereocenters. The lowest BCUT2D eigenvalue weighted by Gasteiger charge is -2.46. The van der Waals surface area contributed by atoms with Crippen molar-refractivity contribution in [2.75, 3.05) is 19.6 Å². The van der Waals surface area contributed by atoms with Crippen molar-refractivity contribution in [3.8, 4) is 0 Å². The van der Waals surface area contributed by atoms with Crippen molar-refractivity contribution in [3.63, 3.8) is 0 Å². The molecule has 0 aromatic heterocycles. The number of nitrogens with zero attached hydrogens (tertiary/aromatic N) is 2. The van der Waals surface area contributed by atoms with Gasteiger partial charge in [-0.15, -0.1) is 0 Å². The van der Waals surface area contributed by atoms with Gasteiger partial charge < -0.3 is 15.1 Å². The van der Waals surface area contributed by atoms with E-state index in [1.807, 2.05) is 11.8 Å². The number of aliphatic carboxylic acids is 1. The molecule has 11 nitrogen and oxygen atoms in total. The van der Waals surface area contributed by atoms with Gasteiger partial charge in [-0.2, -0.15) is 8.42 Å². The summed E-state index contributed by atoms with van der Waals surface area (Å²) in [5.41, 5.74) is 0.512. The maximum Gasteiger partial charge on any atom is 0.352 e. The van der Waals surface area contributed by atoms with Crippen molar-refractivity contribution in [1.82, 2.24) is 14.5 Å². The zero-order chi connectivity index (χ0) is 21.0. The van der Waals surface area contributed by atoms with Crippen LogP contribution in [0.1, 0.15) is 20.3 Å². The quantitative estimate of drug-likeness (QED) is 0.354.